The third kappa shape index (κ3) is 5.83. The molecule has 0 aliphatic rings. The fourth-order valence-electron chi connectivity index (χ4n) is 2.56. The molecule has 3 rings (SSSR count). The average molecular weight is 454 g/mol. The molecule has 1 aromatic heterocycles. The van der Waals surface area contributed by atoms with Crippen molar-refractivity contribution < 1.29 is 17.6 Å². The standard InChI is InChI=1S/C19H17ClFN3O3S2/c20-16-9-15(6-7-17(16)21)29(26,27)24-18(8-13-4-2-1-3-5-13)19(25)22-10-14-11-28-12-23-14/h1-7,9,11-12,18,24H,8,10H2,(H,22,25)/t18-/m0/s1. The molecule has 3 aromatic rings. The topological polar surface area (TPSA) is 88.2 Å². The summed E-state index contributed by atoms with van der Waals surface area (Å²) in [6, 6.07) is 11.0. The third-order valence-electron chi connectivity index (χ3n) is 4.03. The van der Waals surface area contributed by atoms with Crippen LogP contribution in [0.3, 0.4) is 0 Å². The molecule has 1 heterocycles. The van der Waals surface area contributed by atoms with Crippen molar-refractivity contribution in [2.24, 2.45) is 0 Å². The molecule has 0 spiro atoms. The van der Waals surface area contributed by atoms with E-state index in [2.05, 4.69) is 15.0 Å². The minimum atomic E-state index is -4.11. The lowest BCUT2D eigenvalue weighted by Crippen LogP contribution is -2.47. The van der Waals surface area contributed by atoms with Crippen LogP contribution >= 0.6 is 22.9 Å². The third-order valence-corrected chi connectivity index (χ3v) is 6.42. The first kappa shape index (κ1) is 21.4. The van der Waals surface area contributed by atoms with Crippen molar-refractivity contribution >= 4 is 38.9 Å². The molecule has 152 valence electrons. The van der Waals surface area contributed by atoms with Gasteiger partial charge in [0.25, 0.3) is 0 Å². The Kier molecular flexibility index (Phi) is 6.96. The molecule has 2 aromatic carbocycles. The first-order valence-electron chi connectivity index (χ1n) is 8.51. The number of sulfonamides is 1. The van der Waals surface area contributed by atoms with Crippen LogP contribution in [0.4, 0.5) is 4.39 Å². The van der Waals surface area contributed by atoms with Gasteiger partial charge in [0.05, 0.1) is 27.7 Å². The van der Waals surface area contributed by atoms with Crippen LogP contribution in [0, 0.1) is 5.82 Å². The van der Waals surface area contributed by atoms with Gasteiger partial charge in [-0.25, -0.2) is 17.8 Å². The molecule has 0 unspecified atom stereocenters. The quantitative estimate of drug-likeness (QED) is 0.548. The van der Waals surface area contributed by atoms with Gasteiger partial charge in [-0.15, -0.1) is 11.3 Å². The minimum absolute atomic E-state index is 0.137. The first-order chi connectivity index (χ1) is 13.8. The molecule has 6 nitrogen and oxygen atoms in total. The molecule has 1 amide bonds. The van der Waals surface area contributed by atoms with E-state index in [1.165, 1.54) is 11.3 Å². The predicted octanol–water partition coefficient (Wildman–Crippen LogP) is 3.14. The lowest BCUT2D eigenvalue weighted by molar-refractivity contribution is -0.122. The summed E-state index contributed by atoms with van der Waals surface area (Å²) < 4.78 is 41.3. The number of hydrogen-bond acceptors (Lipinski definition) is 5. The van der Waals surface area contributed by atoms with E-state index >= 15 is 0 Å². The van der Waals surface area contributed by atoms with Gasteiger partial charge in [-0.2, -0.15) is 4.72 Å². The second-order valence-electron chi connectivity index (χ2n) is 6.14. The average Bonchev–Trinajstić information content (AvgIpc) is 3.22. The fraction of sp³-hybridized carbons (Fsp3) is 0.158. The Labute approximate surface area is 176 Å². The lowest BCUT2D eigenvalue weighted by atomic mass is 10.1. The molecular weight excluding hydrogens is 437 g/mol. The van der Waals surface area contributed by atoms with Crippen molar-refractivity contribution in [2.75, 3.05) is 0 Å². The highest BCUT2D eigenvalue weighted by Crippen LogP contribution is 2.20. The minimum Gasteiger partial charge on any atom is -0.349 e. The number of benzene rings is 2. The molecule has 0 aliphatic carbocycles. The molecule has 0 aliphatic heterocycles. The number of carbonyl (C=O) groups excluding carboxylic acids is 1. The number of halogens is 2. The molecule has 0 bridgehead atoms. The molecule has 29 heavy (non-hydrogen) atoms. The molecule has 0 fully saturated rings. The molecule has 0 saturated heterocycles. The highest BCUT2D eigenvalue weighted by Gasteiger charge is 2.26. The maximum Gasteiger partial charge on any atom is 0.241 e. The smallest absolute Gasteiger partial charge is 0.241 e. The number of thiazole rings is 1. The maximum absolute atomic E-state index is 13.4. The molecular formula is C19H17ClFN3O3S2. The number of nitrogens with one attached hydrogen (secondary N) is 2. The van der Waals surface area contributed by atoms with E-state index in [-0.39, 0.29) is 22.9 Å². The zero-order valence-electron chi connectivity index (χ0n) is 15.0. The zero-order valence-corrected chi connectivity index (χ0v) is 17.4. The fourth-order valence-corrected chi connectivity index (χ4v) is 4.59. The highest BCUT2D eigenvalue weighted by molar-refractivity contribution is 7.89. The second-order valence-corrected chi connectivity index (χ2v) is 8.98. The van der Waals surface area contributed by atoms with Crippen LogP contribution in [0.1, 0.15) is 11.3 Å². The van der Waals surface area contributed by atoms with Crippen LogP contribution in [-0.4, -0.2) is 25.4 Å². The van der Waals surface area contributed by atoms with Gasteiger partial charge in [-0.1, -0.05) is 41.9 Å². The van der Waals surface area contributed by atoms with E-state index in [4.69, 9.17) is 11.6 Å². The van der Waals surface area contributed by atoms with Crippen LogP contribution in [0.2, 0.25) is 5.02 Å². The van der Waals surface area contributed by atoms with Crippen LogP contribution < -0.4 is 10.0 Å². The van der Waals surface area contributed by atoms with E-state index in [9.17, 15) is 17.6 Å². The van der Waals surface area contributed by atoms with Gasteiger partial charge < -0.3 is 5.32 Å². The summed E-state index contributed by atoms with van der Waals surface area (Å²) in [5, 5.41) is 4.16. The van der Waals surface area contributed by atoms with Gasteiger partial charge >= 0.3 is 0 Å². The second kappa shape index (κ2) is 9.45. The summed E-state index contributed by atoms with van der Waals surface area (Å²) in [6.07, 6.45) is 0.137. The van der Waals surface area contributed by atoms with Gasteiger partial charge in [0.15, 0.2) is 0 Å². The first-order valence-corrected chi connectivity index (χ1v) is 11.3. The van der Waals surface area contributed by atoms with Crippen molar-refractivity contribution in [2.45, 2.75) is 23.9 Å². The van der Waals surface area contributed by atoms with E-state index in [0.29, 0.717) is 5.69 Å². The Morgan fingerprint density at radius 3 is 2.62 bits per heavy atom. The van der Waals surface area contributed by atoms with E-state index in [1.54, 1.807) is 35.2 Å². The Morgan fingerprint density at radius 1 is 1.21 bits per heavy atom. The summed E-state index contributed by atoms with van der Waals surface area (Å²) in [5.74, 6) is -1.23. The van der Waals surface area contributed by atoms with E-state index in [0.717, 1.165) is 23.8 Å². The molecule has 0 saturated carbocycles. The molecule has 2 N–H and O–H groups in total. The number of amides is 1. The molecule has 10 heteroatoms. The number of carbonyl (C=O) groups is 1. The van der Waals surface area contributed by atoms with Crippen molar-refractivity contribution in [1.29, 1.82) is 0 Å². The van der Waals surface area contributed by atoms with Crippen LogP contribution in [-0.2, 0) is 27.8 Å². The number of aromatic nitrogens is 1. The largest absolute Gasteiger partial charge is 0.349 e. The molecule has 1 atom stereocenters. The summed E-state index contributed by atoms with van der Waals surface area (Å²) in [5.41, 5.74) is 3.10. The maximum atomic E-state index is 13.4. The van der Waals surface area contributed by atoms with Gasteiger partial charge in [-0.3, -0.25) is 4.79 Å². The zero-order chi connectivity index (χ0) is 20.9. The highest BCUT2D eigenvalue weighted by atomic mass is 35.5. The summed E-state index contributed by atoms with van der Waals surface area (Å²) >= 11 is 7.10. The SMILES string of the molecule is O=C(NCc1cscn1)[C@H](Cc1ccccc1)NS(=O)(=O)c1ccc(F)c(Cl)c1. The Bertz CT molecular complexity index is 1080. The van der Waals surface area contributed by atoms with Crippen LogP contribution in [0.5, 0.6) is 0 Å². The Hall–Kier alpha value is -2.33. The number of nitrogens with zero attached hydrogens (tertiary/aromatic N) is 1. The van der Waals surface area contributed by atoms with Crippen molar-refractivity contribution in [3.8, 4) is 0 Å². The van der Waals surface area contributed by atoms with E-state index in [1.807, 2.05) is 6.07 Å². The van der Waals surface area contributed by atoms with Crippen LogP contribution in [0.25, 0.3) is 0 Å². The summed E-state index contributed by atoms with van der Waals surface area (Å²) in [7, 11) is -4.11. The summed E-state index contributed by atoms with van der Waals surface area (Å²) in [4.78, 5) is 16.6. The van der Waals surface area contributed by atoms with Crippen LogP contribution in [0.15, 0.2) is 64.3 Å². The van der Waals surface area contributed by atoms with Crippen molar-refractivity contribution in [3.05, 3.63) is 81.5 Å². The Balaban J connectivity index is 1.81. The van der Waals surface area contributed by atoms with E-state index < -0.39 is 27.8 Å². The monoisotopic (exact) mass is 453 g/mol. The normalized spacial score (nSPS) is 12.5. The number of hydrogen-bond donors (Lipinski definition) is 2. The van der Waals surface area contributed by atoms with Gasteiger partial charge in [-0.05, 0) is 30.2 Å². The van der Waals surface area contributed by atoms with Crippen molar-refractivity contribution in [1.82, 2.24) is 15.0 Å². The van der Waals surface area contributed by atoms with Gasteiger partial charge in [0.2, 0.25) is 15.9 Å². The summed E-state index contributed by atoms with van der Waals surface area (Å²) in [6.45, 7) is 0.178. The van der Waals surface area contributed by atoms with Crippen molar-refractivity contribution in [3.63, 3.8) is 0 Å². The van der Waals surface area contributed by atoms with Gasteiger partial charge in [0, 0.05) is 5.38 Å². The Morgan fingerprint density at radius 2 is 1.97 bits per heavy atom. The molecule has 0 radical (unpaired) electrons. The predicted molar refractivity (Wildman–Crippen MR) is 110 cm³/mol. The van der Waals surface area contributed by atoms with Gasteiger partial charge in [0.1, 0.15) is 11.9 Å². The number of rotatable bonds is 8. The lowest BCUT2D eigenvalue weighted by Gasteiger charge is -2.19.